The standard InChI is InChI=1S/C18H23N/c1-12(2)10-17-16-9-8-14-6-4-5-7-15(14)18(16)13(3)11-19-17/h4-9,12-13,17,19H,10-11H2,1-3H3. The van der Waals surface area contributed by atoms with Gasteiger partial charge in [-0.25, -0.2) is 0 Å². The first-order chi connectivity index (χ1) is 9.16. The summed E-state index contributed by atoms with van der Waals surface area (Å²) >= 11 is 0. The molecule has 0 spiro atoms. The molecule has 19 heavy (non-hydrogen) atoms. The Labute approximate surface area is 116 Å². The van der Waals surface area contributed by atoms with Crippen molar-refractivity contribution in [3.63, 3.8) is 0 Å². The summed E-state index contributed by atoms with van der Waals surface area (Å²) in [6.45, 7) is 8.04. The van der Waals surface area contributed by atoms with Gasteiger partial charge in [0, 0.05) is 12.6 Å². The molecular weight excluding hydrogens is 230 g/mol. The molecule has 0 saturated carbocycles. The highest BCUT2D eigenvalue weighted by molar-refractivity contribution is 5.87. The molecule has 1 heterocycles. The van der Waals surface area contributed by atoms with Gasteiger partial charge < -0.3 is 5.32 Å². The Morgan fingerprint density at radius 1 is 1.16 bits per heavy atom. The first-order valence-corrected chi connectivity index (χ1v) is 7.41. The van der Waals surface area contributed by atoms with E-state index in [4.69, 9.17) is 0 Å². The van der Waals surface area contributed by atoms with E-state index in [-0.39, 0.29) is 0 Å². The molecule has 0 aromatic heterocycles. The molecule has 0 fully saturated rings. The van der Waals surface area contributed by atoms with Crippen LogP contribution in [0.5, 0.6) is 0 Å². The summed E-state index contributed by atoms with van der Waals surface area (Å²) in [5.74, 6) is 1.33. The second-order valence-electron chi connectivity index (χ2n) is 6.28. The topological polar surface area (TPSA) is 12.0 Å². The molecule has 0 bridgehead atoms. The van der Waals surface area contributed by atoms with Crippen LogP contribution in [-0.4, -0.2) is 6.54 Å². The van der Waals surface area contributed by atoms with Crippen molar-refractivity contribution in [3.05, 3.63) is 47.5 Å². The number of nitrogens with one attached hydrogen (secondary N) is 1. The summed E-state index contributed by atoms with van der Waals surface area (Å²) in [6.07, 6.45) is 1.22. The van der Waals surface area contributed by atoms with E-state index in [9.17, 15) is 0 Å². The minimum absolute atomic E-state index is 0.524. The lowest BCUT2D eigenvalue weighted by molar-refractivity contribution is 0.397. The summed E-state index contributed by atoms with van der Waals surface area (Å²) in [5, 5.41) is 6.54. The van der Waals surface area contributed by atoms with E-state index < -0.39 is 0 Å². The van der Waals surface area contributed by atoms with Crippen LogP contribution >= 0.6 is 0 Å². The molecule has 2 atom stereocenters. The van der Waals surface area contributed by atoms with Crippen LogP contribution in [0.2, 0.25) is 0 Å². The third-order valence-electron chi connectivity index (χ3n) is 4.25. The van der Waals surface area contributed by atoms with Crippen LogP contribution in [0.1, 0.15) is 50.3 Å². The maximum Gasteiger partial charge on any atom is 0.0325 e. The average molecular weight is 253 g/mol. The lowest BCUT2D eigenvalue weighted by atomic mass is 9.82. The SMILES string of the molecule is CC(C)CC1NCC(C)c2c1ccc1ccccc21. The number of hydrogen-bond donors (Lipinski definition) is 1. The van der Waals surface area contributed by atoms with Crippen molar-refractivity contribution in [2.24, 2.45) is 5.92 Å². The van der Waals surface area contributed by atoms with Crippen molar-refractivity contribution in [1.82, 2.24) is 5.32 Å². The smallest absolute Gasteiger partial charge is 0.0325 e. The van der Waals surface area contributed by atoms with Gasteiger partial charge >= 0.3 is 0 Å². The Morgan fingerprint density at radius 2 is 1.95 bits per heavy atom. The lowest BCUT2D eigenvalue weighted by Gasteiger charge is -2.33. The van der Waals surface area contributed by atoms with Crippen LogP contribution in [-0.2, 0) is 0 Å². The lowest BCUT2D eigenvalue weighted by Crippen LogP contribution is -2.33. The van der Waals surface area contributed by atoms with Crippen molar-refractivity contribution in [1.29, 1.82) is 0 Å². The molecule has 2 aromatic rings. The van der Waals surface area contributed by atoms with Gasteiger partial charge in [0.1, 0.15) is 0 Å². The molecule has 1 aliphatic heterocycles. The fourth-order valence-corrected chi connectivity index (χ4v) is 3.38. The molecule has 3 rings (SSSR count). The highest BCUT2D eigenvalue weighted by Crippen LogP contribution is 2.37. The van der Waals surface area contributed by atoms with Crippen molar-refractivity contribution in [2.75, 3.05) is 6.54 Å². The molecule has 1 heteroatoms. The predicted molar refractivity (Wildman–Crippen MR) is 82.6 cm³/mol. The van der Waals surface area contributed by atoms with Crippen LogP contribution in [0.25, 0.3) is 10.8 Å². The van der Waals surface area contributed by atoms with Crippen LogP contribution in [0.15, 0.2) is 36.4 Å². The van der Waals surface area contributed by atoms with Crippen molar-refractivity contribution in [3.8, 4) is 0 Å². The molecule has 0 saturated heterocycles. The molecule has 0 radical (unpaired) electrons. The summed E-state index contributed by atoms with van der Waals surface area (Å²) in [6, 6.07) is 13.9. The average Bonchev–Trinajstić information content (AvgIpc) is 2.41. The Hall–Kier alpha value is -1.34. The van der Waals surface area contributed by atoms with E-state index in [0.29, 0.717) is 12.0 Å². The summed E-state index contributed by atoms with van der Waals surface area (Å²) in [5.41, 5.74) is 3.09. The quantitative estimate of drug-likeness (QED) is 0.822. The maximum absolute atomic E-state index is 3.72. The summed E-state index contributed by atoms with van der Waals surface area (Å²) < 4.78 is 0. The first-order valence-electron chi connectivity index (χ1n) is 7.41. The van der Waals surface area contributed by atoms with Crippen molar-refractivity contribution >= 4 is 10.8 Å². The van der Waals surface area contributed by atoms with Gasteiger partial charge in [0.05, 0.1) is 0 Å². The zero-order valence-corrected chi connectivity index (χ0v) is 12.1. The summed E-state index contributed by atoms with van der Waals surface area (Å²) in [4.78, 5) is 0. The van der Waals surface area contributed by atoms with Gasteiger partial charge in [0.25, 0.3) is 0 Å². The molecule has 2 unspecified atom stereocenters. The minimum atomic E-state index is 0.524. The minimum Gasteiger partial charge on any atom is -0.309 e. The molecule has 0 aliphatic carbocycles. The third kappa shape index (κ3) is 2.28. The predicted octanol–water partition coefficient (Wildman–Crippen LogP) is 4.63. The van der Waals surface area contributed by atoms with Gasteiger partial charge in [0.15, 0.2) is 0 Å². The zero-order valence-electron chi connectivity index (χ0n) is 12.1. The van der Waals surface area contributed by atoms with E-state index >= 15 is 0 Å². The largest absolute Gasteiger partial charge is 0.309 e. The van der Waals surface area contributed by atoms with Gasteiger partial charge in [0.2, 0.25) is 0 Å². The van der Waals surface area contributed by atoms with E-state index in [1.54, 1.807) is 5.56 Å². The zero-order chi connectivity index (χ0) is 13.4. The molecule has 1 aliphatic rings. The molecule has 100 valence electrons. The molecule has 2 aromatic carbocycles. The Kier molecular flexibility index (Phi) is 3.32. The number of hydrogen-bond acceptors (Lipinski definition) is 1. The Morgan fingerprint density at radius 3 is 2.74 bits per heavy atom. The fraction of sp³-hybridized carbons (Fsp3) is 0.444. The van der Waals surface area contributed by atoms with Gasteiger partial charge in [-0.3, -0.25) is 0 Å². The monoisotopic (exact) mass is 253 g/mol. The Bertz CT molecular complexity index is 585. The highest BCUT2D eigenvalue weighted by Gasteiger charge is 2.26. The highest BCUT2D eigenvalue weighted by atomic mass is 14.9. The van der Waals surface area contributed by atoms with E-state index in [1.165, 1.54) is 22.8 Å². The molecule has 1 nitrogen and oxygen atoms in total. The van der Waals surface area contributed by atoms with E-state index in [1.807, 2.05) is 0 Å². The van der Waals surface area contributed by atoms with Gasteiger partial charge in [-0.1, -0.05) is 57.2 Å². The maximum atomic E-state index is 3.72. The van der Waals surface area contributed by atoms with E-state index in [0.717, 1.165) is 12.5 Å². The first kappa shape index (κ1) is 12.7. The van der Waals surface area contributed by atoms with Crippen molar-refractivity contribution in [2.45, 2.75) is 39.2 Å². The van der Waals surface area contributed by atoms with Gasteiger partial charge in [-0.15, -0.1) is 0 Å². The normalized spacial score (nSPS) is 22.7. The molecule has 1 N–H and O–H groups in total. The second kappa shape index (κ2) is 4.97. The van der Waals surface area contributed by atoms with Gasteiger partial charge in [-0.05, 0) is 40.2 Å². The molecule has 0 amide bonds. The summed E-state index contributed by atoms with van der Waals surface area (Å²) in [7, 11) is 0. The van der Waals surface area contributed by atoms with Crippen LogP contribution in [0.4, 0.5) is 0 Å². The van der Waals surface area contributed by atoms with E-state index in [2.05, 4.69) is 62.5 Å². The second-order valence-corrected chi connectivity index (χ2v) is 6.28. The Balaban J connectivity index is 2.15. The fourth-order valence-electron chi connectivity index (χ4n) is 3.38. The van der Waals surface area contributed by atoms with Crippen molar-refractivity contribution < 1.29 is 0 Å². The number of benzene rings is 2. The number of fused-ring (bicyclic) bond motifs is 3. The van der Waals surface area contributed by atoms with Crippen LogP contribution in [0.3, 0.4) is 0 Å². The van der Waals surface area contributed by atoms with Crippen LogP contribution < -0.4 is 5.32 Å². The number of rotatable bonds is 2. The van der Waals surface area contributed by atoms with Gasteiger partial charge in [-0.2, -0.15) is 0 Å². The van der Waals surface area contributed by atoms with Crippen LogP contribution in [0, 0.1) is 5.92 Å². The third-order valence-corrected chi connectivity index (χ3v) is 4.25. The molecular formula is C18H23N.